The molecule has 0 unspecified atom stereocenters. The number of azo groups is 1. The summed E-state index contributed by atoms with van der Waals surface area (Å²) < 4.78 is 90.6. The Labute approximate surface area is 410 Å². The number of sulfone groups is 1. The monoisotopic (exact) mass is 923 g/mol. The van der Waals surface area contributed by atoms with Crippen LogP contribution in [0.2, 0.25) is 0 Å². The van der Waals surface area contributed by atoms with Gasteiger partial charge < -0.3 is 30.8 Å². The number of aromatic nitrogens is 3. The Balaban J connectivity index is 0.00000400. The van der Waals surface area contributed by atoms with Crippen LogP contribution < -0.4 is 114 Å². The maximum Gasteiger partial charge on any atom is 1.00 e. The zero-order valence-electron chi connectivity index (χ0n) is 31.8. The van der Waals surface area contributed by atoms with Crippen LogP contribution in [0.3, 0.4) is 0 Å². The zero-order chi connectivity index (χ0) is 40.7. The number of phenols is 1. The molecule has 5 rings (SSSR count). The molecule has 0 amide bonds. The third-order valence-electron chi connectivity index (χ3n) is 7.33. The van der Waals surface area contributed by atoms with Crippen molar-refractivity contribution in [3.63, 3.8) is 0 Å². The first-order valence-electron chi connectivity index (χ1n) is 15.3. The number of phenolic OH excluding ortho intramolecular Hbond substituents is 1. The number of hydrogen-bond donors (Lipinski definition) is 3. The van der Waals surface area contributed by atoms with Gasteiger partial charge in [0.15, 0.2) is 27.9 Å². The van der Waals surface area contributed by atoms with Crippen molar-refractivity contribution in [1.82, 2.24) is 19.4 Å². The Morgan fingerprint density at radius 3 is 2.07 bits per heavy atom. The molecule has 0 spiro atoms. The standard InChI is InChI=1S/C30H29FN8O13S4.3Na/c1-39(2,3)20-8-4-18(5-9-20)32-29-34-28(31)35-30(36-29)33-23-16-22-17(15-25(23)56(45,46)47)14-24(53-51-49-41)26(27(22)40)38-37-19-6-10-21(11-7-19)55(43,44)13-12-48-54-52-50-42;;;/h4-11,14-16H,12-13H2,1-3H3,(H5-,32,33,34,35,36,37,38,40,41,42,45,46,47);;;/q;3*+1/p-2. The molecule has 21 nitrogen and oxygen atoms in total. The number of halogens is 1. The van der Waals surface area contributed by atoms with E-state index in [1.54, 1.807) is 12.1 Å². The van der Waals surface area contributed by atoms with Crippen LogP contribution in [-0.4, -0.2) is 74.9 Å². The summed E-state index contributed by atoms with van der Waals surface area (Å²) in [5.41, 5.74) is 0.735. The number of anilines is 4. The summed E-state index contributed by atoms with van der Waals surface area (Å²) in [5.74, 6) is -1.92. The van der Waals surface area contributed by atoms with Crippen LogP contribution in [0.25, 0.3) is 10.8 Å². The van der Waals surface area contributed by atoms with E-state index in [4.69, 9.17) is 4.18 Å². The number of rotatable bonds is 18. The normalized spacial score (nSPS) is 11.8. The van der Waals surface area contributed by atoms with Crippen molar-refractivity contribution in [3.8, 4) is 5.75 Å². The average molecular weight is 924 g/mol. The van der Waals surface area contributed by atoms with Gasteiger partial charge in [0.2, 0.25) is 11.9 Å². The largest absolute Gasteiger partial charge is 1.00 e. The van der Waals surface area contributed by atoms with Crippen molar-refractivity contribution < 1.29 is 153 Å². The van der Waals surface area contributed by atoms with Gasteiger partial charge in [-0.15, -0.1) is 9.45 Å². The molecule has 0 aliphatic carbocycles. The predicted octanol–water partition coefficient (Wildman–Crippen LogP) is -5.31. The molecular weight excluding hydrogens is 897 g/mol. The van der Waals surface area contributed by atoms with Gasteiger partial charge in [0.1, 0.15) is 21.5 Å². The van der Waals surface area contributed by atoms with Gasteiger partial charge in [0.05, 0.1) is 71.6 Å². The summed E-state index contributed by atoms with van der Waals surface area (Å²) in [7, 11) is -3.18. The van der Waals surface area contributed by atoms with Gasteiger partial charge in [0.25, 0.3) is 0 Å². The molecule has 1 heterocycles. The SMILES string of the molecule is C[N+](C)(C)c1ccc(Nc2nc(F)nc(Nc3cc4c(O)c(N=Nc5ccc(S(=O)(=O)CCOSOO[O-])cc5)c(SOO[O-])cc4cc3S(=O)(=O)[O-])n2)cc1.[Na+].[Na+].[Na+]. The molecule has 0 atom stereocenters. The van der Waals surface area contributed by atoms with Gasteiger partial charge in [-0.1, -0.05) is 0 Å². The quantitative estimate of drug-likeness (QED) is 0.0108. The van der Waals surface area contributed by atoms with E-state index >= 15 is 0 Å². The Kier molecular flexibility index (Phi) is 21.5. The topological polar surface area (TPSA) is 291 Å². The van der Waals surface area contributed by atoms with Crippen molar-refractivity contribution >= 4 is 95.4 Å². The van der Waals surface area contributed by atoms with E-state index in [-0.39, 0.29) is 158 Å². The van der Waals surface area contributed by atoms with E-state index in [2.05, 4.69) is 54.6 Å². The summed E-state index contributed by atoms with van der Waals surface area (Å²) in [4.78, 5) is 10.2. The molecule has 59 heavy (non-hydrogen) atoms. The molecule has 0 saturated carbocycles. The van der Waals surface area contributed by atoms with E-state index < -0.39 is 54.1 Å². The number of nitrogens with zero attached hydrogens (tertiary/aromatic N) is 6. The maximum absolute atomic E-state index is 14.6. The molecule has 0 bridgehead atoms. The van der Waals surface area contributed by atoms with E-state index in [1.165, 1.54) is 30.3 Å². The molecule has 0 saturated heterocycles. The minimum atomic E-state index is -5.26. The maximum atomic E-state index is 14.6. The average Bonchev–Trinajstić information content (AvgIpc) is 3.13. The third kappa shape index (κ3) is 15.0. The van der Waals surface area contributed by atoms with Crippen LogP contribution in [0.1, 0.15) is 0 Å². The fraction of sp³-hybridized carbons (Fsp3) is 0.167. The number of hydrogen-bond acceptors (Lipinski definition) is 22. The van der Waals surface area contributed by atoms with Gasteiger partial charge in [-0.05, 0) is 60.0 Å². The molecule has 5 aromatic rings. The third-order valence-corrected chi connectivity index (χ3v) is 10.9. The van der Waals surface area contributed by atoms with Gasteiger partial charge in [-0.25, -0.2) is 16.8 Å². The van der Waals surface area contributed by atoms with Crippen LogP contribution in [-0.2, 0) is 42.9 Å². The first-order chi connectivity index (χ1) is 26.5. The molecule has 0 aliphatic rings. The first-order valence-corrected chi connectivity index (χ1v) is 19.7. The van der Waals surface area contributed by atoms with Crippen LogP contribution >= 0.6 is 24.4 Å². The Morgan fingerprint density at radius 1 is 0.847 bits per heavy atom. The molecule has 4 aromatic carbocycles. The second-order valence-electron chi connectivity index (χ2n) is 11.9. The molecule has 1 aromatic heterocycles. The number of benzene rings is 4. The fourth-order valence-corrected chi connectivity index (χ4v) is 7.30. The van der Waals surface area contributed by atoms with Crippen molar-refractivity contribution in [2.75, 3.05) is 44.1 Å². The Hall–Kier alpha value is -1.68. The van der Waals surface area contributed by atoms with Crippen LogP contribution in [0.15, 0.2) is 91.6 Å². The molecule has 29 heteroatoms. The Morgan fingerprint density at radius 2 is 1.47 bits per heavy atom. The van der Waals surface area contributed by atoms with Crippen LogP contribution in [0.4, 0.5) is 44.7 Å². The summed E-state index contributed by atoms with van der Waals surface area (Å²) in [6, 6.07) is 15.2. The van der Waals surface area contributed by atoms with Gasteiger partial charge in [-0.3, -0.25) is 18.7 Å². The van der Waals surface area contributed by atoms with Gasteiger partial charge in [0, 0.05) is 23.2 Å². The summed E-state index contributed by atoms with van der Waals surface area (Å²) in [6.07, 6.45) is -1.26. The molecular formula is C30H27FN8Na3O13S4+. The van der Waals surface area contributed by atoms with Crippen LogP contribution in [0.5, 0.6) is 5.75 Å². The molecule has 0 radical (unpaired) electrons. The minimum absolute atomic E-state index is 0. The van der Waals surface area contributed by atoms with Gasteiger partial charge >= 0.3 is 94.8 Å². The van der Waals surface area contributed by atoms with E-state index in [1.807, 2.05) is 33.3 Å². The van der Waals surface area contributed by atoms with Crippen molar-refractivity contribution in [1.29, 1.82) is 0 Å². The molecule has 3 N–H and O–H groups in total. The number of quaternary nitrogens is 1. The first kappa shape index (κ1) is 53.5. The van der Waals surface area contributed by atoms with E-state index in [0.29, 0.717) is 10.2 Å². The number of aromatic hydroxyl groups is 1. The van der Waals surface area contributed by atoms with Crippen LogP contribution in [0, 0.1) is 6.08 Å². The zero-order valence-corrected chi connectivity index (χ0v) is 41.1. The van der Waals surface area contributed by atoms with E-state index in [9.17, 15) is 41.4 Å². The Bertz CT molecular complexity index is 2460. The summed E-state index contributed by atoms with van der Waals surface area (Å²) in [5, 5.41) is 51.4. The number of fused-ring (bicyclic) bond motifs is 1. The molecule has 0 aliphatic heterocycles. The van der Waals surface area contributed by atoms with Crippen molar-refractivity contribution in [2.45, 2.75) is 14.7 Å². The second kappa shape index (κ2) is 23.7. The fourth-order valence-electron chi connectivity index (χ4n) is 4.75. The van der Waals surface area contributed by atoms with Gasteiger partial charge in [-0.2, -0.15) is 28.8 Å². The summed E-state index contributed by atoms with van der Waals surface area (Å²) in [6.45, 7) is -0.342. The van der Waals surface area contributed by atoms with Crippen molar-refractivity contribution in [3.05, 3.63) is 72.8 Å². The van der Waals surface area contributed by atoms with Crippen molar-refractivity contribution in [2.24, 2.45) is 10.2 Å². The molecule has 298 valence electrons. The smallest absolute Gasteiger partial charge is 0.744 e. The second-order valence-corrected chi connectivity index (χ2v) is 16.6. The van der Waals surface area contributed by atoms with E-state index in [0.717, 1.165) is 17.8 Å². The molecule has 0 fully saturated rings. The predicted molar refractivity (Wildman–Crippen MR) is 192 cm³/mol. The minimum Gasteiger partial charge on any atom is -0.744 e. The summed E-state index contributed by atoms with van der Waals surface area (Å²) >= 11 is 0.417. The number of nitrogens with one attached hydrogen (secondary N) is 2.